The van der Waals surface area contributed by atoms with Gasteiger partial charge in [0.25, 0.3) is 11.5 Å². The fourth-order valence-corrected chi connectivity index (χ4v) is 4.47. The van der Waals surface area contributed by atoms with Crippen molar-refractivity contribution in [2.45, 2.75) is 19.6 Å². The highest BCUT2D eigenvalue weighted by Gasteiger charge is 2.23. The van der Waals surface area contributed by atoms with E-state index in [1.807, 2.05) is 0 Å². The third-order valence-corrected chi connectivity index (χ3v) is 6.11. The Morgan fingerprint density at radius 3 is 2.82 bits per heavy atom. The van der Waals surface area contributed by atoms with E-state index < -0.39 is 12.0 Å². The molecule has 0 bridgehead atoms. The molecule has 8 nitrogen and oxygen atoms in total. The molecule has 33 heavy (non-hydrogen) atoms. The number of hydrogen-bond donors (Lipinski definition) is 2. The number of hydrogen-bond acceptors (Lipinski definition) is 6. The lowest BCUT2D eigenvalue weighted by atomic mass is 10.1. The summed E-state index contributed by atoms with van der Waals surface area (Å²) in [6.45, 7) is 1.39. The summed E-state index contributed by atoms with van der Waals surface area (Å²) in [7, 11) is 0. The second kappa shape index (κ2) is 8.14. The zero-order valence-corrected chi connectivity index (χ0v) is 18.1. The monoisotopic (exact) mass is 464 g/mol. The van der Waals surface area contributed by atoms with E-state index in [0.717, 1.165) is 0 Å². The van der Waals surface area contributed by atoms with Crippen LogP contribution in [0.3, 0.4) is 0 Å². The first kappa shape index (κ1) is 20.8. The first-order valence-electron chi connectivity index (χ1n) is 10.0. The van der Waals surface area contributed by atoms with Crippen LogP contribution in [0.1, 0.15) is 6.92 Å². The van der Waals surface area contributed by atoms with Gasteiger partial charge in [-0.2, -0.15) is 0 Å². The molecule has 2 N–H and O–H groups in total. The highest BCUT2D eigenvalue weighted by molar-refractivity contribution is 7.17. The maximum absolute atomic E-state index is 13.3. The molecule has 4 aromatic rings. The van der Waals surface area contributed by atoms with Crippen LogP contribution in [0.25, 0.3) is 21.3 Å². The van der Waals surface area contributed by atoms with E-state index in [2.05, 4.69) is 15.6 Å². The van der Waals surface area contributed by atoms with Crippen molar-refractivity contribution >= 4 is 44.7 Å². The van der Waals surface area contributed by atoms with Crippen molar-refractivity contribution in [3.05, 3.63) is 70.3 Å². The van der Waals surface area contributed by atoms with E-state index in [-0.39, 0.29) is 23.8 Å². The highest BCUT2D eigenvalue weighted by atomic mass is 32.1. The molecule has 0 radical (unpaired) electrons. The van der Waals surface area contributed by atoms with Crippen molar-refractivity contribution in [3.8, 4) is 16.9 Å². The first-order chi connectivity index (χ1) is 15.9. The van der Waals surface area contributed by atoms with Gasteiger partial charge in [0, 0.05) is 16.6 Å². The molecule has 1 aliphatic rings. The van der Waals surface area contributed by atoms with Gasteiger partial charge in [-0.15, -0.1) is 11.3 Å². The predicted molar refractivity (Wildman–Crippen MR) is 123 cm³/mol. The van der Waals surface area contributed by atoms with Crippen LogP contribution in [0.4, 0.5) is 15.8 Å². The zero-order chi connectivity index (χ0) is 23.1. The van der Waals surface area contributed by atoms with E-state index in [4.69, 9.17) is 4.74 Å². The molecule has 2 amide bonds. The van der Waals surface area contributed by atoms with Crippen molar-refractivity contribution in [2.24, 2.45) is 0 Å². The number of fused-ring (bicyclic) bond motifs is 2. The fourth-order valence-electron chi connectivity index (χ4n) is 3.56. The van der Waals surface area contributed by atoms with Crippen LogP contribution >= 0.6 is 11.3 Å². The van der Waals surface area contributed by atoms with E-state index in [9.17, 15) is 18.8 Å². The molecule has 0 fully saturated rings. The number of nitrogens with one attached hydrogen (secondary N) is 2. The molecule has 1 aliphatic heterocycles. The number of nitrogens with zero attached hydrogens (tertiary/aromatic N) is 2. The Bertz CT molecular complexity index is 1460. The molecule has 2 aromatic heterocycles. The summed E-state index contributed by atoms with van der Waals surface area (Å²) in [6, 6.07) is 10.7. The molecule has 0 unspecified atom stereocenters. The minimum absolute atomic E-state index is 0.253. The first-order valence-corrected chi connectivity index (χ1v) is 10.9. The number of halogens is 1. The number of benzene rings is 2. The fraction of sp³-hybridized carbons (Fsp3) is 0.130. The third-order valence-electron chi connectivity index (χ3n) is 5.22. The van der Waals surface area contributed by atoms with Crippen molar-refractivity contribution in [3.63, 3.8) is 0 Å². The van der Waals surface area contributed by atoms with Crippen molar-refractivity contribution in [2.75, 3.05) is 10.6 Å². The van der Waals surface area contributed by atoms with Crippen molar-refractivity contribution in [1.29, 1.82) is 0 Å². The molecule has 0 spiro atoms. The smallest absolute Gasteiger partial charge is 0.265 e. The second-order valence-electron chi connectivity index (χ2n) is 7.52. The third kappa shape index (κ3) is 3.96. The van der Waals surface area contributed by atoms with Crippen LogP contribution in [-0.4, -0.2) is 27.5 Å². The van der Waals surface area contributed by atoms with Crippen LogP contribution in [0.2, 0.25) is 0 Å². The molecule has 0 saturated heterocycles. The second-order valence-corrected chi connectivity index (χ2v) is 8.38. The van der Waals surface area contributed by atoms with Gasteiger partial charge >= 0.3 is 0 Å². The molecule has 10 heteroatoms. The minimum atomic E-state index is -0.593. The van der Waals surface area contributed by atoms with Gasteiger partial charge in [0.05, 0.1) is 17.4 Å². The lowest BCUT2D eigenvalue weighted by Gasteiger charge is -2.23. The molecule has 3 heterocycles. The molecular weight excluding hydrogens is 447 g/mol. The average molecular weight is 464 g/mol. The topological polar surface area (TPSA) is 102 Å². The molecule has 0 saturated carbocycles. The molecule has 0 aliphatic carbocycles. The number of carbonyl (C=O) groups is 2. The highest BCUT2D eigenvalue weighted by Crippen LogP contribution is 2.32. The Labute approximate surface area is 190 Å². The van der Waals surface area contributed by atoms with Crippen LogP contribution in [0.15, 0.2) is 59.0 Å². The summed E-state index contributed by atoms with van der Waals surface area (Å²) in [5.74, 6) is -0.567. The maximum atomic E-state index is 13.3. The largest absolute Gasteiger partial charge is 0.479 e. The molecule has 166 valence electrons. The predicted octanol–water partition coefficient (Wildman–Crippen LogP) is 3.62. The lowest BCUT2D eigenvalue weighted by Crippen LogP contribution is -2.34. The van der Waals surface area contributed by atoms with Crippen LogP contribution < -0.4 is 20.9 Å². The van der Waals surface area contributed by atoms with Crippen molar-refractivity contribution < 1.29 is 18.7 Å². The quantitative estimate of drug-likeness (QED) is 0.480. The normalized spacial score (nSPS) is 15.0. The van der Waals surface area contributed by atoms with Crippen molar-refractivity contribution in [1.82, 2.24) is 9.55 Å². The SMILES string of the molecule is C[C@@H]1Oc2ccc(NC(=O)Cn3cnc4scc(-c5ccc(F)cc5)c4c3=O)cc2NC1=O. The Morgan fingerprint density at radius 2 is 2.03 bits per heavy atom. The van der Waals surface area contributed by atoms with E-state index in [1.54, 1.807) is 42.6 Å². The standard InChI is InChI=1S/C23H17FN4O4S/c1-12-21(30)27-17-8-15(6-7-18(17)32-12)26-19(29)9-28-11-25-22-20(23(28)31)16(10-33-22)13-2-4-14(24)5-3-13/h2-8,10-12H,9H2,1H3,(H,26,29)(H,27,30)/t12-/m0/s1. The molecular formula is C23H17FN4O4S. The summed E-state index contributed by atoms with van der Waals surface area (Å²) < 4.78 is 20.0. The summed E-state index contributed by atoms with van der Waals surface area (Å²) in [6.07, 6.45) is 0.737. The summed E-state index contributed by atoms with van der Waals surface area (Å²) in [4.78, 5) is 42.4. The van der Waals surface area contributed by atoms with Gasteiger partial charge in [-0.3, -0.25) is 19.0 Å². The summed E-state index contributed by atoms with van der Waals surface area (Å²) in [5, 5.41) is 7.61. The van der Waals surface area contributed by atoms with Gasteiger partial charge in [0.2, 0.25) is 5.91 Å². The Morgan fingerprint density at radius 1 is 1.24 bits per heavy atom. The average Bonchev–Trinajstić information content (AvgIpc) is 3.22. The van der Waals surface area contributed by atoms with Gasteiger partial charge in [0.1, 0.15) is 22.9 Å². The number of aromatic nitrogens is 2. The number of carbonyl (C=O) groups excluding carboxylic acids is 2. The Kier molecular flexibility index (Phi) is 5.14. The number of rotatable bonds is 4. The van der Waals surface area contributed by atoms with E-state index in [0.29, 0.717) is 38.5 Å². The molecule has 5 rings (SSSR count). The van der Waals surface area contributed by atoms with Crippen LogP contribution in [0.5, 0.6) is 5.75 Å². The van der Waals surface area contributed by atoms with Gasteiger partial charge in [0.15, 0.2) is 6.10 Å². The van der Waals surface area contributed by atoms with Gasteiger partial charge in [-0.05, 0) is 42.8 Å². The number of anilines is 2. The molecule has 2 aromatic carbocycles. The minimum Gasteiger partial charge on any atom is -0.479 e. The van der Waals surface area contributed by atoms with Gasteiger partial charge in [-0.1, -0.05) is 12.1 Å². The summed E-state index contributed by atoms with van der Waals surface area (Å²) >= 11 is 1.31. The van der Waals surface area contributed by atoms with E-state index in [1.165, 1.54) is 34.4 Å². The van der Waals surface area contributed by atoms with Crippen LogP contribution in [0, 0.1) is 5.82 Å². The van der Waals surface area contributed by atoms with E-state index >= 15 is 0 Å². The lowest BCUT2D eigenvalue weighted by molar-refractivity contribution is -0.122. The number of thiophene rings is 1. The number of amides is 2. The van der Waals surface area contributed by atoms with Gasteiger partial charge < -0.3 is 15.4 Å². The van der Waals surface area contributed by atoms with Crippen LogP contribution in [-0.2, 0) is 16.1 Å². The van der Waals surface area contributed by atoms with Gasteiger partial charge in [-0.25, -0.2) is 9.37 Å². The zero-order valence-electron chi connectivity index (χ0n) is 17.3. The molecule has 1 atom stereocenters. The Balaban J connectivity index is 1.39. The maximum Gasteiger partial charge on any atom is 0.265 e. The Hall–Kier alpha value is -4.05. The summed E-state index contributed by atoms with van der Waals surface area (Å²) in [5.41, 5.74) is 1.87. The number of ether oxygens (including phenoxy) is 1.